The van der Waals surface area contributed by atoms with E-state index in [9.17, 15) is 19.5 Å². The van der Waals surface area contributed by atoms with Crippen LogP contribution in [-0.4, -0.2) is 22.5 Å². The summed E-state index contributed by atoms with van der Waals surface area (Å²) in [6.07, 6.45) is 0. The topological polar surface area (TPSA) is 71.4 Å². The van der Waals surface area contributed by atoms with E-state index in [1.165, 1.54) is 24.3 Å². The molecule has 0 atom stereocenters. The van der Waals surface area contributed by atoms with Gasteiger partial charge >= 0.3 is 0 Å². The molecule has 1 N–H and O–H groups in total. The minimum absolute atomic E-state index is 0.00978. The molecule has 0 spiro atoms. The molecule has 1 aliphatic carbocycles. The Balaban J connectivity index is 1.85. The number of ketones is 3. The van der Waals surface area contributed by atoms with Crippen molar-refractivity contribution in [3.63, 3.8) is 0 Å². The zero-order chi connectivity index (χ0) is 16.8. The second-order valence-electron chi connectivity index (χ2n) is 5.41. The fourth-order valence-electron chi connectivity index (χ4n) is 2.80. The zero-order valence-corrected chi connectivity index (χ0v) is 13.1. The number of carbonyl (C=O) groups is 3. The average Bonchev–Trinajstić information content (AvgIpc) is 3.05. The first-order valence-corrected chi connectivity index (χ1v) is 8.04. The summed E-state index contributed by atoms with van der Waals surface area (Å²) in [4.78, 5) is 38.3. The molecular formula is C19H10O4S. The van der Waals surface area contributed by atoms with Crippen LogP contribution < -0.4 is 0 Å². The van der Waals surface area contributed by atoms with Gasteiger partial charge in [-0.25, -0.2) is 0 Å². The van der Waals surface area contributed by atoms with Crippen LogP contribution in [0.5, 0.6) is 5.75 Å². The summed E-state index contributed by atoms with van der Waals surface area (Å²) in [6, 6.07) is 14.6. The number of rotatable bonds is 2. The van der Waals surface area contributed by atoms with Crippen molar-refractivity contribution >= 4 is 28.7 Å². The molecule has 5 heteroatoms. The van der Waals surface area contributed by atoms with Gasteiger partial charge in [-0.2, -0.15) is 0 Å². The molecule has 0 unspecified atom stereocenters. The Hall–Kier alpha value is -3.05. The minimum atomic E-state index is -0.421. The van der Waals surface area contributed by atoms with Crippen LogP contribution in [0.25, 0.3) is 0 Å². The smallest absolute Gasteiger partial charge is 0.208 e. The molecule has 0 amide bonds. The Bertz CT molecular complexity index is 1020. The standard InChI is InChI=1S/C19H10O4S/c20-13-8-4-7-11-15(13)18(23)19-12(17(11)22)9-14(24-19)16(21)10-5-2-1-3-6-10/h1-9,20H. The average molecular weight is 334 g/mol. The van der Waals surface area contributed by atoms with Crippen molar-refractivity contribution in [3.8, 4) is 5.75 Å². The molecule has 3 aromatic rings. The van der Waals surface area contributed by atoms with Crippen LogP contribution in [0.1, 0.15) is 46.4 Å². The molecule has 1 aromatic heterocycles. The lowest BCUT2D eigenvalue weighted by molar-refractivity contribution is 0.0980. The number of thiophene rings is 1. The van der Waals surface area contributed by atoms with Crippen LogP contribution in [0.2, 0.25) is 0 Å². The molecule has 0 aliphatic heterocycles. The maximum Gasteiger partial charge on any atom is 0.208 e. The molecule has 0 saturated carbocycles. The van der Waals surface area contributed by atoms with Crippen molar-refractivity contribution < 1.29 is 19.5 Å². The van der Waals surface area contributed by atoms with Gasteiger partial charge in [-0.15, -0.1) is 11.3 Å². The maximum atomic E-state index is 12.6. The fourth-order valence-corrected chi connectivity index (χ4v) is 3.86. The van der Waals surface area contributed by atoms with Crippen LogP contribution in [-0.2, 0) is 0 Å². The summed E-state index contributed by atoms with van der Waals surface area (Å²) in [5, 5.41) is 9.93. The Morgan fingerprint density at radius 1 is 0.875 bits per heavy atom. The molecular weight excluding hydrogens is 324 g/mol. The molecule has 4 rings (SSSR count). The Labute approximate surface area is 141 Å². The van der Waals surface area contributed by atoms with Gasteiger partial charge in [-0.1, -0.05) is 42.5 Å². The molecule has 4 nitrogen and oxygen atoms in total. The van der Waals surface area contributed by atoms with E-state index in [2.05, 4.69) is 0 Å². The van der Waals surface area contributed by atoms with Gasteiger partial charge in [-0.05, 0) is 12.1 Å². The summed E-state index contributed by atoms with van der Waals surface area (Å²) >= 11 is 0.991. The number of phenolic OH excluding ortho intramolecular Hbond substituents is 1. The highest BCUT2D eigenvalue weighted by atomic mass is 32.1. The van der Waals surface area contributed by atoms with E-state index in [1.54, 1.807) is 24.3 Å². The Morgan fingerprint density at radius 2 is 1.62 bits per heavy atom. The second-order valence-corrected chi connectivity index (χ2v) is 6.46. The summed E-state index contributed by atoms with van der Waals surface area (Å²) in [5.41, 5.74) is 0.901. The molecule has 0 saturated heterocycles. The van der Waals surface area contributed by atoms with E-state index in [0.29, 0.717) is 10.4 Å². The van der Waals surface area contributed by atoms with Crippen LogP contribution in [0.4, 0.5) is 0 Å². The van der Waals surface area contributed by atoms with Crippen LogP contribution in [0.15, 0.2) is 54.6 Å². The first-order chi connectivity index (χ1) is 11.6. The van der Waals surface area contributed by atoms with Crippen molar-refractivity contribution in [1.82, 2.24) is 0 Å². The van der Waals surface area contributed by atoms with Gasteiger partial charge in [0.1, 0.15) is 5.75 Å². The van der Waals surface area contributed by atoms with Crippen molar-refractivity contribution in [2.45, 2.75) is 0 Å². The van der Waals surface area contributed by atoms with Gasteiger partial charge in [0.05, 0.1) is 15.3 Å². The fraction of sp³-hybridized carbons (Fsp3) is 0. The largest absolute Gasteiger partial charge is 0.507 e. The highest BCUT2D eigenvalue weighted by molar-refractivity contribution is 7.17. The number of carbonyl (C=O) groups excluding carboxylic acids is 3. The lowest BCUT2D eigenvalue weighted by Gasteiger charge is -2.14. The first-order valence-electron chi connectivity index (χ1n) is 7.23. The quantitative estimate of drug-likeness (QED) is 0.570. The highest BCUT2D eigenvalue weighted by Gasteiger charge is 2.34. The summed E-state index contributed by atoms with van der Waals surface area (Å²) in [7, 11) is 0. The highest BCUT2D eigenvalue weighted by Crippen LogP contribution is 2.37. The lowest BCUT2D eigenvalue weighted by atomic mass is 9.88. The third-order valence-corrected chi connectivity index (χ3v) is 5.09. The molecule has 1 heterocycles. The second kappa shape index (κ2) is 5.25. The SMILES string of the molecule is O=C(c1ccccc1)c1cc2c(s1)C(=O)c1c(O)cccc1C2=O. The number of aromatic hydroxyl groups is 1. The monoisotopic (exact) mass is 334 g/mol. The predicted octanol–water partition coefficient (Wildman–Crippen LogP) is 3.46. The number of phenols is 1. The van der Waals surface area contributed by atoms with E-state index in [-0.39, 0.29) is 38.9 Å². The summed E-state index contributed by atoms with van der Waals surface area (Å²) in [6.45, 7) is 0. The third kappa shape index (κ3) is 2.02. The van der Waals surface area contributed by atoms with Crippen molar-refractivity contribution in [2.24, 2.45) is 0 Å². The van der Waals surface area contributed by atoms with E-state index in [0.717, 1.165) is 11.3 Å². The summed E-state index contributed by atoms with van der Waals surface area (Å²) in [5.74, 6) is -1.22. The number of hydrogen-bond donors (Lipinski definition) is 1. The maximum absolute atomic E-state index is 12.6. The van der Waals surface area contributed by atoms with Gasteiger partial charge in [-0.3, -0.25) is 14.4 Å². The molecule has 1 aliphatic rings. The van der Waals surface area contributed by atoms with E-state index in [4.69, 9.17) is 0 Å². The Morgan fingerprint density at radius 3 is 2.38 bits per heavy atom. The third-order valence-electron chi connectivity index (χ3n) is 3.96. The van der Waals surface area contributed by atoms with Gasteiger partial charge in [0.15, 0.2) is 5.78 Å². The van der Waals surface area contributed by atoms with E-state index >= 15 is 0 Å². The van der Waals surface area contributed by atoms with Crippen LogP contribution in [0.3, 0.4) is 0 Å². The van der Waals surface area contributed by atoms with Gasteiger partial charge < -0.3 is 5.11 Å². The summed E-state index contributed by atoms with van der Waals surface area (Å²) < 4.78 is 0. The van der Waals surface area contributed by atoms with Crippen LogP contribution in [0, 0.1) is 0 Å². The lowest BCUT2D eigenvalue weighted by Crippen LogP contribution is -2.18. The number of benzene rings is 2. The first kappa shape index (κ1) is 14.5. The minimum Gasteiger partial charge on any atom is -0.507 e. The molecule has 2 aromatic carbocycles. The van der Waals surface area contributed by atoms with Crippen LogP contribution >= 0.6 is 11.3 Å². The molecule has 0 radical (unpaired) electrons. The molecule has 116 valence electrons. The normalized spacial score (nSPS) is 12.7. The Kier molecular flexibility index (Phi) is 3.18. The number of fused-ring (bicyclic) bond motifs is 2. The zero-order valence-electron chi connectivity index (χ0n) is 12.3. The molecule has 0 bridgehead atoms. The van der Waals surface area contributed by atoms with Crippen molar-refractivity contribution in [2.75, 3.05) is 0 Å². The van der Waals surface area contributed by atoms with Gasteiger partial charge in [0.2, 0.25) is 11.6 Å². The van der Waals surface area contributed by atoms with E-state index < -0.39 is 5.78 Å². The van der Waals surface area contributed by atoms with Gasteiger partial charge in [0, 0.05) is 16.7 Å². The van der Waals surface area contributed by atoms with Gasteiger partial charge in [0.25, 0.3) is 0 Å². The molecule has 0 fully saturated rings. The van der Waals surface area contributed by atoms with Crippen molar-refractivity contribution in [3.05, 3.63) is 86.6 Å². The molecule has 24 heavy (non-hydrogen) atoms. The van der Waals surface area contributed by atoms with Crippen molar-refractivity contribution in [1.29, 1.82) is 0 Å². The van der Waals surface area contributed by atoms with E-state index in [1.807, 2.05) is 6.07 Å². The number of hydrogen-bond acceptors (Lipinski definition) is 5. The predicted molar refractivity (Wildman–Crippen MR) is 89.2 cm³/mol.